The molecule has 0 fully saturated rings. The number of rotatable bonds is 7. The monoisotopic (exact) mass is 348 g/mol. The summed E-state index contributed by atoms with van der Waals surface area (Å²) in [6, 6.07) is 5.32. The lowest BCUT2D eigenvalue weighted by Gasteiger charge is -2.16. The maximum Gasteiger partial charge on any atom is 0.273 e. The summed E-state index contributed by atoms with van der Waals surface area (Å²) in [5.74, 6) is 1.00. The molecule has 0 saturated heterocycles. The SMILES string of the molecule is CCCCN(C)C(=O)c1cnc(Nc2ccc(OC)c(Cl)c2)cn1. The van der Waals surface area contributed by atoms with Crippen molar-refractivity contribution < 1.29 is 9.53 Å². The van der Waals surface area contributed by atoms with E-state index in [0.717, 1.165) is 18.5 Å². The van der Waals surface area contributed by atoms with Gasteiger partial charge in [-0.25, -0.2) is 9.97 Å². The maximum atomic E-state index is 12.2. The van der Waals surface area contributed by atoms with Gasteiger partial charge in [-0.3, -0.25) is 4.79 Å². The first kappa shape index (κ1) is 18.0. The van der Waals surface area contributed by atoms with Crippen LogP contribution in [0.25, 0.3) is 0 Å². The van der Waals surface area contributed by atoms with Crippen LogP contribution in [0.3, 0.4) is 0 Å². The molecule has 2 rings (SSSR count). The fourth-order valence-corrected chi connectivity index (χ4v) is 2.35. The zero-order valence-electron chi connectivity index (χ0n) is 14.0. The molecule has 0 saturated carbocycles. The van der Waals surface area contributed by atoms with E-state index >= 15 is 0 Å². The van der Waals surface area contributed by atoms with Crippen LogP contribution >= 0.6 is 11.6 Å². The number of halogens is 1. The first-order valence-corrected chi connectivity index (χ1v) is 8.11. The first-order chi connectivity index (χ1) is 11.5. The van der Waals surface area contributed by atoms with Gasteiger partial charge in [0, 0.05) is 19.3 Å². The van der Waals surface area contributed by atoms with Crippen LogP contribution in [-0.4, -0.2) is 41.5 Å². The Bertz CT molecular complexity index is 691. The predicted octanol–water partition coefficient (Wildman–Crippen LogP) is 3.75. The number of methoxy groups -OCH3 is 1. The van der Waals surface area contributed by atoms with Crippen molar-refractivity contribution in [3.8, 4) is 5.75 Å². The highest BCUT2D eigenvalue weighted by Gasteiger charge is 2.13. The first-order valence-electron chi connectivity index (χ1n) is 7.73. The molecule has 0 bridgehead atoms. The van der Waals surface area contributed by atoms with Gasteiger partial charge < -0.3 is 15.0 Å². The number of nitrogens with one attached hydrogen (secondary N) is 1. The van der Waals surface area contributed by atoms with Crippen LogP contribution in [0.2, 0.25) is 5.02 Å². The second-order valence-electron chi connectivity index (χ2n) is 5.34. The number of hydrogen-bond acceptors (Lipinski definition) is 5. The van der Waals surface area contributed by atoms with Gasteiger partial charge in [0.25, 0.3) is 5.91 Å². The molecular weight excluding hydrogens is 328 g/mol. The van der Waals surface area contributed by atoms with Crippen molar-refractivity contribution >= 4 is 29.0 Å². The van der Waals surface area contributed by atoms with E-state index in [0.29, 0.717) is 28.8 Å². The Kier molecular flexibility index (Phi) is 6.37. The molecule has 1 N–H and O–H groups in total. The fraction of sp³-hybridized carbons (Fsp3) is 0.353. The summed E-state index contributed by atoms with van der Waals surface area (Å²) in [5.41, 5.74) is 1.08. The van der Waals surface area contributed by atoms with E-state index in [-0.39, 0.29) is 5.91 Å². The summed E-state index contributed by atoms with van der Waals surface area (Å²) in [5, 5.41) is 3.59. The maximum absolute atomic E-state index is 12.2. The number of carbonyl (C=O) groups excluding carboxylic acids is 1. The number of aromatic nitrogens is 2. The van der Waals surface area contributed by atoms with Gasteiger partial charge in [0.2, 0.25) is 0 Å². The predicted molar refractivity (Wildman–Crippen MR) is 95.2 cm³/mol. The molecule has 128 valence electrons. The van der Waals surface area contributed by atoms with Gasteiger partial charge in [-0.15, -0.1) is 0 Å². The molecule has 24 heavy (non-hydrogen) atoms. The third kappa shape index (κ3) is 4.58. The van der Waals surface area contributed by atoms with Gasteiger partial charge in [0.05, 0.1) is 24.5 Å². The van der Waals surface area contributed by atoms with Crippen molar-refractivity contribution in [1.29, 1.82) is 0 Å². The van der Waals surface area contributed by atoms with Crippen LogP contribution in [0.5, 0.6) is 5.75 Å². The van der Waals surface area contributed by atoms with Crippen LogP contribution in [-0.2, 0) is 0 Å². The number of benzene rings is 1. The summed E-state index contributed by atoms with van der Waals surface area (Å²) in [6.07, 6.45) is 5.00. The van der Waals surface area contributed by atoms with E-state index in [2.05, 4.69) is 22.2 Å². The Labute approximate surface area is 146 Å². The van der Waals surface area contributed by atoms with Crippen LogP contribution in [0, 0.1) is 0 Å². The van der Waals surface area contributed by atoms with Crippen molar-refractivity contribution in [2.75, 3.05) is 26.0 Å². The lowest BCUT2D eigenvalue weighted by molar-refractivity contribution is 0.0787. The Morgan fingerprint density at radius 2 is 2.12 bits per heavy atom. The van der Waals surface area contributed by atoms with Crippen LogP contribution in [0.4, 0.5) is 11.5 Å². The summed E-state index contributed by atoms with van der Waals surface area (Å²) in [7, 11) is 3.33. The Hall–Kier alpha value is -2.34. The van der Waals surface area contributed by atoms with E-state index in [1.807, 2.05) is 6.07 Å². The highest BCUT2D eigenvalue weighted by Crippen LogP contribution is 2.28. The number of carbonyl (C=O) groups is 1. The molecule has 0 atom stereocenters. The van der Waals surface area contributed by atoms with Gasteiger partial charge in [-0.2, -0.15) is 0 Å². The minimum absolute atomic E-state index is 0.130. The number of anilines is 2. The van der Waals surface area contributed by atoms with Crippen molar-refractivity contribution in [1.82, 2.24) is 14.9 Å². The normalized spacial score (nSPS) is 10.3. The standard InChI is InChI=1S/C17H21ClN4O2/c1-4-5-8-22(2)17(23)14-10-20-16(11-19-14)21-12-6-7-15(24-3)13(18)9-12/h6-7,9-11H,4-5,8H2,1-3H3,(H,20,21). The fourth-order valence-electron chi connectivity index (χ4n) is 2.09. The van der Waals surface area contributed by atoms with Gasteiger partial charge in [0.1, 0.15) is 17.3 Å². The molecule has 1 amide bonds. The average molecular weight is 349 g/mol. The molecule has 0 aliphatic rings. The van der Waals surface area contributed by atoms with E-state index in [9.17, 15) is 4.79 Å². The Balaban J connectivity index is 2.04. The summed E-state index contributed by atoms with van der Waals surface area (Å²) in [4.78, 5) is 22.3. The van der Waals surface area contributed by atoms with E-state index in [1.54, 1.807) is 31.2 Å². The molecule has 7 heteroatoms. The van der Waals surface area contributed by atoms with Crippen LogP contribution in [0.1, 0.15) is 30.3 Å². The van der Waals surface area contributed by atoms with Gasteiger partial charge in [-0.05, 0) is 24.6 Å². The molecule has 0 unspecified atom stereocenters. The molecule has 0 aliphatic carbocycles. The highest BCUT2D eigenvalue weighted by atomic mass is 35.5. The van der Waals surface area contributed by atoms with Crippen molar-refractivity contribution in [2.45, 2.75) is 19.8 Å². The van der Waals surface area contributed by atoms with Gasteiger partial charge >= 0.3 is 0 Å². The zero-order valence-corrected chi connectivity index (χ0v) is 14.8. The van der Waals surface area contributed by atoms with Crippen molar-refractivity contribution in [2.24, 2.45) is 0 Å². The van der Waals surface area contributed by atoms with Gasteiger partial charge in [0.15, 0.2) is 0 Å². The molecule has 2 aromatic rings. The Morgan fingerprint density at radius 1 is 1.33 bits per heavy atom. The quantitative estimate of drug-likeness (QED) is 0.825. The average Bonchev–Trinajstić information content (AvgIpc) is 2.60. The molecule has 1 aromatic carbocycles. The third-order valence-electron chi connectivity index (χ3n) is 3.49. The molecular formula is C17H21ClN4O2. The van der Waals surface area contributed by atoms with Gasteiger partial charge in [-0.1, -0.05) is 24.9 Å². The summed E-state index contributed by atoms with van der Waals surface area (Å²) in [6.45, 7) is 2.80. The van der Waals surface area contributed by atoms with Crippen molar-refractivity contribution in [3.63, 3.8) is 0 Å². The van der Waals surface area contributed by atoms with Crippen molar-refractivity contribution in [3.05, 3.63) is 41.3 Å². The molecule has 0 spiro atoms. The topological polar surface area (TPSA) is 67.4 Å². The van der Waals surface area contributed by atoms with Crippen LogP contribution < -0.4 is 10.1 Å². The number of hydrogen-bond donors (Lipinski definition) is 1. The van der Waals surface area contributed by atoms with E-state index in [1.165, 1.54) is 12.4 Å². The zero-order chi connectivity index (χ0) is 17.5. The summed E-state index contributed by atoms with van der Waals surface area (Å²) >= 11 is 6.09. The minimum Gasteiger partial charge on any atom is -0.495 e. The molecule has 6 nitrogen and oxygen atoms in total. The Morgan fingerprint density at radius 3 is 2.71 bits per heavy atom. The van der Waals surface area contributed by atoms with Crippen LogP contribution in [0.15, 0.2) is 30.6 Å². The van der Waals surface area contributed by atoms with E-state index in [4.69, 9.17) is 16.3 Å². The number of nitrogens with zero attached hydrogens (tertiary/aromatic N) is 3. The molecule has 0 aliphatic heterocycles. The lowest BCUT2D eigenvalue weighted by atomic mass is 10.3. The smallest absolute Gasteiger partial charge is 0.273 e. The van der Waals surface area contributed by atoms with E-state index < -0.39 is 0 Å². The molecule has 1 aromatic heterocycles. The second kappa shape index (κ2) is 8.49. The number of ether oxygens (including phenoxy) is 1. The second-order valence-corrected chi connectivity index (χ2v) is 5.75. The lowest BCUT2D eigenvalue weighted by Crippen LogP contribution is -2.28. The highest BCUT2D eigenvalue weighted by molar-refractivity contribution is 6.32. The number of unbranched alkanes of at least 4 members (excludes halogenated alkanes) is 1. The number of amides is 1. The minimum atomic E-state index is -0.130. The molecule has 1 heterocycles. The molecule has 0 radical (unpaired) electrons. The third-order valence-corrected chi connectivity index (χ3v) is 3.78. The largest absolute Gasteiger partial charge is 0.495 e. The summed E-state index contributed by atoms with van der Waals surface area (Å²) < 4.78 is 5.11.